The van der Waals surface area contributed by atoms with E-state index in [-0.39, 0.29) is 24.9 Å². The number of benzene rings is 1. The molecule has 6 nitrogen and oxygen atoms in total. The molecule has 0 saturated carbocycles. The molecular weight excluding hydrogens is 390 g/mol. The number of unbranched alkanes of at least 4 members (excludes halogenated alkanes) is 6. The Hall–Kier alpha value is -1.79. The number of hydrogen-bond donors (Lipinski definition) is 3. The quantitative estimate of drug-likeness (QED) is 0.363. The van der Waals surface area contributed by atoms with Gasteiger partial charge in [-0.05, 0) is 31.2 Å². The minimum absolute atomic E-state index is 0. The predicted octanol–water partition coefficient (Wildman–Crippen LogP) is 4.31. The highest BCUT2D eigenvalue weighted by molar-refractivity contribution is 5.85. The van der Waals surface area contributed by atoms with E-state index in [0.717, 1.165) is 31.2 Å². The van der Waals surface area contributed by atoms with Crippen molar-refractivity contribution in [2.75, 3.05) is 13.1 Å². The van der Waals surface area contributed by atoms with E-state index in [1.165, 1.54) is 25.7 Å². The van der Waals surface area contributed by atoms with Gasteiger partial charge in [0, 0.05) is 13.1 Å². The Morgan fingerprint density at radius 2 is 1.55 bits per heavy atom. The molecule has 1 aromatic rings. The fraction of sp³-hybridized carbons (Fsp3) is 0.636. The molecule has 1 atom stereocenters. The molecule has 0 bridgehead atoms. The van der Waals surface area contributed by atoms with Crippen LogP contribution in [0.2, 0.25) is 0 Å². The number of carbonyl (C=O) groups is 2. The molecule has 4 N–H and O–H groups in total. The molecule has 7 heteroatoms. The van der Waals surface area contributed by atoms with E-state index in [4.69, 9.17) is 10.5 Å². The molecule has 0 saturated heterocycles. The smallest absolute Gasteiger partial charge is 0.407 e. The molecule has 166 valence electrons. The van der Waals surface area contributed by atoms with Crippen LogP contribution in [0.1, 0.15) is 70.3 Å². The first-order valence-corrected chi connectivity index (χ1v) is 10.6. The van der Waals surface area contributed by atoms with Crippen molar-refractivity contribution in [1.82, 2.24) is 10.6 Å². The summed E-state index contributed by atoms with van der Waals surface area (Å²) in [6.45, 7) is 3.68. The van der Waals surface area contributed by atoms with Gasteiger partial charge < -0.3 is 21.1 Å². The van der Waals surface area contributed by atoms with E-state index in [2.05, 4.69) is 17.6 Å². The molecule has 0 fully saturated rings. The Morgan fingerprint density at radius 3 is 2.28 bits per heavy atom. The van der Waals surface area contributed by atoms with Crippen LogP contribution in [0.4, 0.5) is 4.79 Å². The van der Waals surface area contributed by atoms with Crippen LogP contribution >= 0.6 is 12.4 Å². The minimum atomic E-state index is -0.481. The summed E-state index contributed by atoms with van der Waals surface area (Å²) in [6, 6.07) is 9.07. The number of carbonyl (C=O) groups excluding carboxylic acids is 2. The monoisotopic (exact) mass is 427 g/mol. The number of hydrogen-bond acceptors (Lipinski definition) is 4. The molecule has 1 aromatic carbocycles. The van der Waals surface area contributed by atoms with E-state index < -0.39 is 12.1 Å². The Morgan fingerprint density at radius 1 is 0.931 bits per heavy atom. The first-order chi connectivity index (χ1) is 13.6. The zero-order valence-corrected chi connectivity index (χ0v) is 18.5. The third-order valence-electron chi connectivity index (χ3n) is 4.59. The van der Waals surface area contributed by atoms with Gasteiger partial charge in [0.1, 0.15) is 6.61 Å². The Kier molecular flexibility index (Phi) is 17.1. The number of nitrogens with one attached hydrogen (secondary N) is 2. The summed E-state index contributed by atoms with van der Waals surface area (Å²) >= 11 is 0. The number of rotatable bonds is 15. The molecule has 0 spiro atoms. The van der Waals surface area contributed by atoms with Crippen LogP contribution in [0, 0.1) is 0 Å². The topological polar surface area (TPSA) is 93.5 Å². The van der Waals surface area contributed by atoms with Gasteiger partial charge in [-0.25, -0.2) is 4.79 Å². The molecule has 0 heterocycles. The van der Waals surface area contributed by atoms with Crippen LogP contribution in [0.5, 0.6) is 0 Å². The van der Waals surface area contributed by atoms with Gasteiger partial charge >= 0.3 is 6.09 Å². The molecule has 29 heavy (non-hydrogen) atoms. The fourth-order valence-corrected chi connectivity index (χ4v) is 2.83. The van der Waals surface area contributed by atoms with Crippen molar-refractivity contribution in [3.8, 4) is 0 Å². The first kappa shape index (κ1) is 27.2. The van der Waals surface area contributed by atoms with E-state index in [1.54, 1.807) is 0 Å². The number of ether oxygens (including phenoxy) is 1. The zero-order chi connectivity index (χ0) is 20.5. The Balaban J connectivity index is 0.00000784. The maximum absolute atomic E-state index is 11.9. The second kappa shape index (κ2) is 18.3. The second-order valence-electron chi connectivity index (χ2n) is 7.15. The first-order valence-electron chi connectivity index (χ1n) is 10.6. The maximum atomic E-state index is 11.9. The normalized spacial score (nSPS) is 11.2. The minimum Gasteiger partial charge on any atom is -0.445 e. The predicted molar refractivity (Wildman–Crippen MR) is 120 cm³/mol. The van der Waals surface area contributed by atoms with Crippen molar-refractivity contribution < 1.29 is 14.3 Å². The van der Waals surface area contributed by atoms with Crippen LogP contribution in [0.25, 0.3) is 0 Å². The summed E-state index contributed by atoms with van der Waals surface area (Å²) in [5.41, 5.74) is 6.88. The second-order valence-corrected chi connectivity index (χ2v) is 7.15. The fourth-order valence-electron chi connectivity index (χ4n) is 2.83. The molecular formula is C22H38ClN3O3. The SMILES string of the molecule is CCCCCCCCNC(=O)C(N)CCCCNC(=O)OCc1ccccc1.Cl. The van der Waals surface area contributed by atoms with Crippen molar-refractivity contribution in [2.24, 2.45) is 5.73 Å². The van der Waals surface area contributed by atoms with E-state index >= 15 is 0 Å². The maximum Gasteiger partial charge on any atom is 0.407 e. The van der Waals surface area contributed by atoms with Crippen LogP contribution < -0.4 is 16.4 Å². The molecule has 0 aliphatic heterocycles. The van der Waals surface area contributed by atoms with Gasteiger partial charge in [0.25, 0.3) is 0 Å². The third-order valence-corrected chi connectivity index (χ3v) is 4.59. The summed E-state index contributed by atoms with van der Waals surface area (Å²) in [6.07, 6.45) is 8.94. The molecule has 0 aromatic heterocycles. The van der Waals surface area contributed by atoms with Crippen LogP contribution in [0.3, 0.4) is 0 Å². The highest BCUT2D eigenvalue weighted by Gasteiger charge is 2.12. The average molecular weight is 428 g/mol. The van der Waals surface area contributed by atoms with Gasteiger partial charge in [-0.2, -0.15) is 0 Å². The van der Waals surface area contributed by atoms with Crippen molar-refractivity contribution in [3.05, 3.63) is 35.9 Å². The molecule has 0 aliphatic rings. The van der Waals surface area contributed by atoms with Gasteiger partial charge in [-0.15, -0.1) is 12.4 Å². The lowest BCUT2D eigenvalue weighted by Crippen LogP contribution is -2.41. The van der Waals surface area contributed by atoms with Gasteiger partial charge in [0.15, 0.2) is 0 Å². The lowest BCUT2D eigenvalue weighted by molar-refractivity contribution is -0.122. The highest BCUT2D eigenvalue weighted by Crippen LogP contribution is 2.05. The van der Waals surface area contributed by atoms with E-state index in [0.29, 0.717) is 19.5 Å². The van der Waals surface area contributed by atoms with E-state index in [1.807, 2.05) is 30.3 Å². The van der Waals surface area contributed by atoms with E-state index in [9.17, 15) is 9.59 Å². The number of halogens is 1. The number of nitrogens with two attached hydrogens (primary N) is 1. The summed E-state index contributed by atoms with van der Waals surface area (Å²) < 4.78 is 5.14. The largest absolute Gasteiger partial charge is 0.445 e. The Labute approximate surface area is 181 Å². The molecule has 1 rings (SSSR count). The summed E-state index contributed by atoms with van der Waals surface area (Å²) in [5, 5.41) is 5.63. The lowest BCUT2D eigenvalue weighted by Gasteiger charge is -2.12. The van der Waals surface area contributed by atoms with Gasteiger partial charge in [-0.1, -0.05) is 69.4 Å². The standard InChI is InChI=1S/C22H37N3O3.ClH/c1-2-3-4-5-6-11-16-24-21(26)20(23)15-10-12-17-25-22(27)28-18-19-13-8-7-9-14-19;/h7-9,13-14,20H,2-6,10-12,15-18,23H2,1H3,(H,24,26)(H,25,27);1H. The average Bonchev–Trinajstić information content (AvgIpc) is 2.71. The number of alkyl carbamates (subject to hydrolysis) is 1. The van der Waals surface area contributed by atoms with Gasteiger partial charge in [0.2, 0.25) is 5.91 Å². The highest BCUT2D eigenvalue weighted by atomic mass is 35.5. The zero-order valence-electron chi connectivity index (χ0n) is 17.7. The van der Waals surface area contributed by atoms with Gasteiger partial charge in [0.05, 0.1) is 6.04 Å². The molecule has 2 amide bonds. The van der Waals surface area contributed by atoms with Crippen molar-refractivity contribution in [1.29, 1.82) is 0 Å². The number of amides is 2. The van der Waals surface area contributed by atoms with Crippen molar-refractivity contribution in [3.63, 3.8) is 0 Å². The lowest BCUT2D eigenvalue weighted by atomic mass is 10.1. The Bertz CT molecular complexity index is 543. The third kappa shape index (κ3) is 14.8. The van der Waals surface area contributed by atoms with Crippen LogP contribution in [0.15, 0.2) is 30.3 Å². The molecule has 1 unspecified atom stereocenters. The molecule has 0 radical (unpaired) electrons. The van der Waals surface area contributed by atoms with Crippen LogP contribution in [-0.2, 0) is 16.1 Å². The van der Waals surface area contributed by atoms with Crippen molar-refractivity contribution in [2.45, 2.75) is 77.4 Å². The summed E-state index contributed by atoms with van der Waals surface area (Å²) in [7, 11) is 0. The summed E-state index contributed by atoms with van der Waals surface area (Å²) in [4.78, 5) is 23.6. The van der Waals surface area contributed by atoms with Gasteiger partial charge in [-0.3, -0.25) is 4.79 Å². The van der Waals surface area contributed by atoms with Crippen molar-refractivity contribution >= 4 is 24.4 Å². The summed E-state index contributed by atoms with van der Waals surface area (Å²) in [5.74, 6) is -0.0798. The molecule has 0 aliphatic carbocycles. The van der Waals surface area contributed by atoms with Crippen LogP contribution in [-0.4, -0.2) is 31.1 Å².